The minimum absolute atomic E-state index is 0.0227. The van der Waals surface area contributed by atoms with Crippen molar-refractivity contribution in [3.63, 3.8) is 0 Å². The first kappa shape index (κ1) is 15.7. The van der Waals surface area contributed by atoms with Crippen LogP contribution >= 0.6 is 27.3 Å². The molecule has 0 radical (unpaired) electrons. The number of nitrogens with zero attached hydrogens (tertiary/aromatic N) is 1. The zero-order valence-corrected chi connectivity index (χ0v) is 13.8. The Labute approximate surface area is 121 Å². The van der Waals surface area contributed by atoms with E-state index in [1.165, 1.54) is 0 Å². The zero-order valence-electron chi connectivity index (χ0n) is 11.4. The molecule has 0 bridgehead atoms. The van der Waals surface area contributed by atoms with Crippen LogP contribution in [0, 0.1) is 5.41 Å². The summed E-state index contributed by atoms with van der Waals surface area (Å²) in [5, 5.41) is 0. The lowest BCUT2D eigenvalue weighted by atomic mass is 9.86. The Morgan fingerprint density at radius 1 is 1.50 bits per heavy atom. The highest BCUT2D eigenvalue weighted by Gasteiger charge is 2.30. The number of carbonyl (C=O) groups is 1. The fourth-order valence-corrected chi connectivity index (χ4v) is 3.04. The highest BCUT2D eigenvalue weighted by Crippen LogP contribution is 2.24. The molecule has 0 spiro atoms. The SMILES string of the molecule is CCN(Cc1ccc(Br)s1)C(=O)C(N)C(C)(C)C. The van der Waals surface area contributed by atoms with Crippen LogP contribution in [0.15, 0.2) is 15.9 Å². The van der Waals surface area contributed by atoms with E-state index in [9.17, 15) is 4.79 Å². The Morgan fingerprint density at radius 2 is 2.11 bits per heavy atom. The van der Waals surface area contributed by atoms with Gasteiger partial charge < -0.3 is 10.6 Å². The fraction of sp³-hybridized carbons (Fsp3) is 0.615. The second-order valence-electron chi connectivity index (χ2n) is 5.40. The normalized spacial score (nSPS) is 13.4. The molecule has 3 nitrogen and oxygen atoms in total. The molecule has 5 heteroatoms. The third kappa shape index (κ3) is 4.07. The summed E-state index contributed by atoms with van der Waals surface area (Å²) in [5.74, 6) is 0.0227. The number of hydrogen-bond donors (Lipinski definition) is 1. The maximum atomic E-state index is 12.3. The van der Waals surface area contributed by atoms with Crippen molar-refractivity contribution in [3.05, 3.63) is 20.8 Å². The number of amides is 1. The van der Waals surface area contributed by atoms with E-state index >= 15 is 0 Å². The van der Waals surface area contributed by atoms with Crippen molar-refractivity contribution in [2.24, 2.45) is 11.1 Å². The molecular weight excluding hydrogens is 312 g/mol. The molecule has 0 aliphatic carbocycles. The lowest BCUT2D eigenvalue weighted by Crippen LogP contribution is -2.50. The highest BCUT2D eigenvalue weighted by molar-refractivity contribution is 9.11. The quantitative estimate of drug-likeness (QED) is 0.919. The molecule has 0 aliphatic rings. The first-order chi connectivity index (χ1) is 8.25. The largest absolute Gasteiger partial charge is 0.336 e. The van der Waals surface area contributed by atoms with Crippen LogP contribution in [0.4, 0.5) is 0 Å². The molecule has 18 heavy (non-hydrogen) atoms. The standard InChI is InChI=1S/C13H21BrN2OS/c1-5-16(8-9-6-7-10(14)18-9)12(17)11(15)13(2,3)4/h6-7,11H,5,8,15H2,1-4H3. The summed E-state index contributed by atoms with van der Waals surface area (Å²) in [4.78, 5) is 15.3. The van der Waals surface area contributed by atoms with Gasteiger partial charge >= 0.3 is 0 Å². The van der Waals surface area contributed by atoms with Gasteiger partial charge in [-0.25, -0.2) is 0 Å². The molecule has 1 unspecified atom stereocenters. The summed E-state index contributed by atoms with van der Waals surface area (Å²) in [7, 11) is 0. The Balaban J connectivity index is 2.75. The topological polar surface area (TPSA) is 46.3 Å². The lowest BCUT2D eigenvalue weighted by molar-refractivity contribution is -0.135. The molecule has 1 atom stereocenters. The van der Waals surface area contributed by atoms with Crippen LogP contribution in [0.1, 0.15) is 32.6 Å². The Bertz CT molecular complexity index is 411. The van der Waals surface area contributed by atoms with Gasteiger partial charge in [0.15, 0.2) is 0 Å². The van der Waals surface area contributed by atoms with Crippen LogP contribution in [0.2, 0.25) is 0 Å². The van der Waals surface area contributed by atoms with Gasteiger partial charge in [-0.3, -0.25) is 4.79 Å². The van der Waals surface area contributed by atoms with Gasteiger partial charge in [-0.2, -0.15) is 0 Å². The van der Waals surface area contributed by atoms with E-state index in [0.29, 0.717) is 13.1 Å². The van der Waals surface area contributed by atoms with Crippen molar-refractivity contribution in [1.82, 2.24) is 4.90 Å². The van der Waals surface area contributed by atoms with E-state index in [0.717, 1.165) is 8.66 Å². The Hall–Kier alpha value is -0.390. The van der Waals surface area contributed by atoms with Crippen LogP contribution in [0.25, 0.3) is 0 Å². The molecule has 102 valence electrons. The van der Waals surface area contributed by atoms with E-state index in [-0.39, 0.29) is 11.3 Å². The summed E-state index contributed by atoms with van der Waals surface area (Å²) in [6, 6.07) is 3.58. The van der Waals surface area contributed by atoms with Gasteiger partial charge in [0.05, 0.1) is 16.4 Å². The minimum atomic E-state index is -0.458. The van der Waals surface area contributed by atoms with Crippen molar-refractivity contribution >= 4 is 33.2 Å². The van der Waals surface area contributed by atoms with Gasteiger partial charge in [-0.15, -0.1) is 11.3 Å². The van der Waals surface area contributed by atoms with Gasteiger partial charge in [0, 0.05) is 11.4 Å². The average molecular weight is 333 g/mol. The first-order valence-corrected chi connectivity index (χ1v) is 7.65. The van der Waals surface area contributed by atoms with Gasteiger partial charge in [-0.1, -0.05) is 20.8 Å². The number of thiophene rings is 1. The molecule has 0 aliphatic heterocycles. The van der Waals surface area contributed by atoms with Crippen molar-refractivity contribution in [3.8, 4) is 0 Å². The third-order valence-electron chi connectivity index (χ3n) is 2.87. The first-order valence-electron chi connectivity index (χ1n) is 6.04. The average Bonchev–Trinajstić information content (AvgIpc) is 2.68. The molecule has 1 amide bonds. The number of nitrogens with two attached hydrogens (primary N) is 1. The minimum Gasteiger partial charge on any atom is -0.336 e. The van der Waals surface area contributed by atoms with Crippen molar-refractivity contribution in [2.75, 3.05) is 6.54 Å². The van der Waals surface area contributed by atoms with Crippen LogP contribution in [-0.4, -0.2) is 23.4 Å². The zero-order chi connectivity index (χ0) is 13.9. The Kier molecular flexibility index (Phi) is 5.37. The van der Waals surface area contributed by atoms with Crippen LogP contribution in [-0.2, 0) is 11.3 Å². The molecule has 1 aromatic rings. The molecule has 0 fully saturated rings. The fourth-order valence-electron chi connectivity index (χ4n) is 1.54. The predicted molar refractivity (Wildman–Crippen MR) is 80.5 cm³/mol. The molecule has 1 heterocycles. The summed E-state index contributed by atoms with van der Waals surface area (Å²) < 4.78 is 1.08. The summed E-state index contributed by atoms with van der Waals surface area (Å²) in [5.41, 5.74) is 5.82. The second-order valence-corrected chi connectivity index (χ2v) is 7.95. The highest BCUT2D eigenvalue weighted by atomic mass is 79.9. The van der Waals surface area contributed by atoms with Crippen molar-refractivity contribution in [1.29, 1.82) is 0 Å². The molecule has 1 aromatic heterocycles. The van der Waals surface area contributed by atoms with Gasteiger partial charge in [0.2, 0.25) is 5.91 Å². The van der Waals surface area contributed by atoms with Crippen LogP contribution in [0.5, 0.6) is 0 Å². The van der Waals surface area contributed by atoms with Gasteiger partial charge in [0.25, 0.3) is 0 Å². The maximum Gasteiger partial charge on any atom is 0.240 e. The van der Waals surface area contributed by atoms with Crippen molar-refractivity contribution in [2.45, 2.75) is 40.3 Å². The summed E-state index contributed by atoms with van der Waals surface area (Å²) >= 11 is 5.08. The molecule has 0 saturated carbocycles. The molecule has 1 rings (SSSR count). The monoisotopic (exact) mass is 332 g/mol. The van der Waals surface area contributed by atoms with Gasteiger partial charge in [-0.05, 0) is 40.4 Å². The summed E-state index contributed by atoms with van der Waals surface area (Å²) in [6.07, 6.45) is 0. The van der Waals surface area contributed by atoms with E-state index in [1.807, 2.05) is 44.7 Å². The molecule has 2 N–H and O–H groups in total. The van der Waals surface area contributed by atoms with E-state index < -0.39 is 6.04 Å². The predicted octanol–water partition coefficient (Wildman–Crippen LogP) is 3.23. The second kappa shape index (κ2) is 6.17. The molecule has 0 saturated heterocycles. The van der Waals surface area contributed by atoms with Crippen molar-refractivity contribution < 1.29 is 4.79 Å². The number of likely N-dealkylation sites (N-methyl/N-ethyl adjacent to an activating group) is 1. The maximum absolute atomic E-state index is 12.3. The van der Waals surface area contributed by atoms with Crippen LogP contribution in [0.3, 0.4) is 0 Å². The van der Waals surface area contributed by atoms with Gasteiger partial charge in [0.1, 0.15) is 0 Å². The van der Waals surface area contributed by atoms with Crippen LogP contribution < -0.4 is 5.73 Å². The Morgan fingerprint density at radius 3 is 2.50 bits per heavy atom. The number of halogens is 1. The number of hydrogen-bond acceptors (Lipinski definition) is 3. The number of rotatable bonds is 4. The lowest BCUT2D eigenvalue weighted by Gasteiger charge is -2.31. The van der Waals surface area contributed by atoms with E-state index in [4.69, 9.17) is 5.73 Å². The smallest absolute Gasteiger partial charge is 0.240 e. The summed E-state index contributed by atoms with van der Waals surface area (Å²) in [6.45, 7) is 9.27. The third-order valence-corrected chi connectivity index (χ3v) is 4.48. The molecule has 0 aromatic carbocycles. The number of carbonyl (C=O) groups excluding carboxylic acids is 1. The van der Waals surface area contributed by atoms with E-state index in [2.05, 4.69) is 15.9 Å². The molecular formula is C13H21BrN2OS. The van der Waals surface area contributed by atoms with E-state index in [1.54, 1.807) is 11.3 Å².